The lowest BCUT2D eigenvalue weighted by atomic mass is 10.00. The van der Waals surface area contributed by atoms with E-state index in [1.54, 1.807) is 64.8 Å². The van der Waals surface area contributed by atoms with Crippen molar-refractivity contribution >= 4 is 16.0 Å². The summed E-state index contributed by atoms with van der Waals surface area (Å²) in [5.41, 5.74) is 2.06. The summed E-state index contributed by atoms with van der Waals surface area (Å²) in [6.07, 6.45) is 9.20. The van der Waals surface area contributed by atoms with Crippen LogP contribution in [0.1, 0.15) is 48.4 Å². The zero-order valence-corrected chi connectivity index (χ0v) is 26.9. The molecule has 0 spiro atoms. The van der Waals surface area contributed by atoms with E-state index in [0.717, 1.165) is 37.0 Å². The SMILES string of the molecule is COc1cc(C)c(S(=O)(=O)N(C)C(COc2ccnc(N3C4CCC3CC(Oc3ccncc3)C4)n2)c2ccccc2)c(C)c1. The van der Waals surface area contributed by atoms with E-state index in [-0.39, 0.29) is 29.7 Å². The highest BCUT2D eigenvalue weighted by molar-refractivity contribution is 7.89. The first-order valence-electron chi connectivity index (χ1n) is 15.2. The maximum Gasteiger partial charge on any atom is 0.244 e. The average Bonchev–Trinajstić information content (AvgIpc) is 3.31. The molecule has 2 aromatic heterocycles. The topological polar surface area (TPSA) is 107 Å². The van der Waals surface area contributed by atoms with Gasteiger partial charge in [0.15, 0.2) is 0 Å². The van der Waals surface area contributed by atoms with Gasteiger partial charge in [0.25, 0.3) is 0 Å². The first kappa shape index (κ1) is 30.8. The lowest BCUT2D eigenvalue weighted by Gasteiger charge is -2.38. The second kappa shape index (κ2) is 13.0. The Labute approximate surface area is 265 Å². The third kappa shape index (κ3) is 6.46. The van der Waals surface area contributed by atoms with Crippen LogP contribution in [-0.2, 0) is 10.0 Å². The molecule has 4 aromatic rings. The molecular formula is C34H39N5O5S. The van der Waals surface area contributed by atoms with Crippen LogP contribution in [0.5, 0.6) is 17.4 Å². The number of pyridine rings is 1. The number of aryl methyl sites for hydroxylation is 2. The van der Waals surface area contributed by atoms with Gasteiger partial charge in [-0.25, -0.2) is 13.4 Å². The molecule has 11 heteroatoms. The third-order valence-electron chi connectivity index (χ3n) is 8.81. The zero-order chi connectivity index (χ0) is 31.6. The van der Waals surface area contributed by atoms with Crippen LogP contribution in [0.2, 0.25) is 0 Å². The van der Waals surface area contributed by atoms with Crippen LogP contribution in [0.25, 0.3) is 0 Å². The van der Waals surface area contributed by atoms with E-state index in [0.29, 0.717) is 28.7 Å². The first-order chi connectivity index (χ1) is 21.7. The molecule has 2 saturated heterocycles. The van der Waals surface area contributed by atoms with Crippen LogP contribution < -0.4 is 19.1 Å². The molecule has 2 aliphatic heterocycles. The molecule has 236 valence electrons. The molecule has 10 nitrogen and oxygen atoms in total. The summed E-state index contributed by atoms with van der Waals surface area (Å²) < 4.78 is 47.4. The summed E-state index contributed by atoms with van der Waals surface area (Å²) in [7, 11) is -0.727. The van der Waals surface area contributed by atoms with Gasteiger partial charge in [-0.05, 0) is 67.6 Å². The average molecular weight is 630 g/mol. The van der Waals surface area contributed by atoms with Crippen molar-refractivity contribution in [3.05, 3.63) is 95.9 Å². The van der Waals surface area contributed by atoms with Gasteiger partial charge in [-0.3, -0.25) is 4.98 Å². The number of nitrogens with zero attached hydrogens (tertiary/aromatic N) is 5. The minimum Gasteiger partial charge on any atom is -0.497 e. The summed E-state index contributed by atoms with van der Waals surface area (Å²) in [5, 5.41) is 0. The van der Waals surface area contributed by atoms with Crippen LogP contribution in [-0.4, -0.2) is 66.6 Å². The molecule has 2 aromatic carbocycles. The third-order valence-corrected chi connectivity index (χ3v) is 11.0. The number of benzene rings is 2. The van der Waals surface area contributed by atoms with Crippen molar-refractivity contribution < 1.29 is 22.6 Å². The normalized spacial score (nSPS) is 20.2. The van der Waals surface area contributed by atoms with Gasteiger partial charge < -0.3 is 19.1 Å². The predicted molar refractivity (Wildman–Crippen MR) is 171 cm³/mol. The van der Waals surface area contributed by atoms with Crippen molar-refractivity contribution in [2.75, 3.05) is 25.7 Å². The predicted octanol–water partition coefficient (Wildman–Crippen LogP) is 5.52. The van der Waals surface area contributed by atoms with Gasteiger partial charge in [0.2, 0.25) is 21.9 Å². The maximum absolute atomic E-state index is 14.1. The van der Waals surface area contributed by atoms with E-state index in [1.165, 1.54) is 4.31 Å². The molecule has 0 amide bonds. The van der Waals surface area contributed by atoms with Gasteiger partial charge in [0, 0.05) is 56.6 Å². The van der Waals surface area contributed by atoms with Gasteiger partial charge in [0.1, 0.15) is 24.2 Å². The van der Waals surface area contributed by atoms with Gasteiger partial charge >= 0.3 is 0 Å². The molecule has 0 saturated carbocycles. The summed E-state index contributed by atoms with van der Waals surface area (Å²) in [4.78, 5) is 16.1. The number of piperidine rings is 1. The van der Waals surface area contributed by atoms with Gasteiger partial charge in [-0.15, -0.1) is 0 Å². The highest BCUT2D eigenvalue weighted by Gasteiger charge is 2.43. The minimum absolute atomic E-state index is 0.0686. The second-order valence-electron chi connectivity index (χ2n) is 11.7. The van der Waals surface area contributed by atoms with Crippen molar-refractivity contribution in [2.45, 2.75) is 68.7 Å². The number of likely N-dealkylation sites (N-methyl/N-ethyl adjacent to an activating group) is 1. The van der Waals surface area contributed by atoms with E-state index >= 15 is 0 Å². The highest BCUT2D eigenvalue weighted by Crippen LogP contribution is 2.40. The summed E-state index contributed by atoms with van der Waals surface area (Å²) >= 11 is 0. The molecule has 0 aliphatic carbocycles. The fourth-order valence-electron chi connectivity index (χ4n) is 6.69. The molecule has 0 radical (unpaired) electrons. The number of fused-ring (bicyclic) bond motifs is 2. The summed E-state index contributed by atoms with van der Waals surface area (Å²) in [5.74, 6) is 2.49. The van der Waals surface area contributed by atoms with Crippen LogP contribution in [0, 0.1) is 13.8 Å². The zero-order valence-electron chi connectivity index (χ0n) is 26.0. The number of methoxy groups -OCH3 is 1. The largest absolute Gasteiger partial charge is 0.497 e. The van der Waals surface area contributed by atoms with E-state index in [9.17, 15) is 8.42 Å². The number of aromatic nitrogens is 3. The lowest BCUT2D eigenvalue weighted by Crippen LogP contribution is -2.47. The maximum atomic E-state index is 14.1. The van der Waals surface area contributed by atoms with Crippen LogP contribution in [0.3, 0.4) is 0 Å². The van der Waals surface area contributed by atoms with Crippen molar-refractivity contribution in [3.63, 3.8) is 0 Å². The van der Waals surface area contributed by atoms with Gasteiger partial charge in [-0.2, -0.15) is 9.29 Å². The number of hydrogen-bond donors (Lipinski definition) is 0. The number of sulfonamides is 1. The van der Waals surface area contributed by atoms with Gasteiger partial charge in [-0.1, -0.05) is 30.3 Å². The van der Waals surface area contributed by atoms with Crippen molar-refractivity contribution in [2.24, 2.45) is 0 Å². The van der Waals surface area contributed by atoms with E-state index in [2.05, 4.69) is 14.9 Å². The Morgan fingerprint density at radius 2 is 1.60 bits per heavy atom. The number of rotatable bonds is 11. The first-order valence-corrected chi connectivity index (χ1v) is 16.7. The fraction of sp³-hybridized carbons (Fsp3) is 0.382. The Balaban J connectivity index is 1.20. The van der Waals surface area contributed by atoms with Crippen LogP contribution in [0.15, 0.2) is 84.1 Å². The molecule has 45 heavy (non-hydrogen) atoms. The summed E-state index contributed by atoms with van der Waals surface area (Å²) in [6.45, 7) is 3.64. The van der Waals surface area contributed by atoms with Crippen molar-refractivity contribution in [3.8, 4) is 17.4 Å². The standard InChI is InChI=1S/C34H39N5O5S/c1-23-18-29(42-4)19-24(2)33(23)45(40,41)38(3)31(25-8-6-5-7-9-25)22-43-32-14-17-36-34(37-32)39-26-10-11-27(39)21-30(20-26)44-28-12-15-35-16-13-28/h5-9,12-19,26-27,30-31H,10-11,20-22H2,1-4H3. The molecule has 2 fully saturated rings. The smallest absolute Gasteiger partial charge is 0.244 e. The quantitative estimate of drug-likeness (QED) is 0.212. The van der Waals surface area contributed by atoms with Crippen molar-refractivity contribution in [1.82, 2.24) is 19.3 Å². The Morgan fingerprint density at radius 1 is 0.933 bits per heavy atom. The van der Waals surface area contributed by atoms with E-state index < -0.39 is 16.1 Å². The number of anilines is 1. The minimum atomic E-state index is -3.90. The number of ether oxygens (including phenoxy) is 3. The molecule has 2 aliphatic rings. The fourth-order valence-corrected chi connectivity index (χ4v) is 8.43. The number of hydrogen-bond acceptors (Lipinski definition) is 9. The molecule has 0 N–H and O–H groups in total. The van der Waals surface area contributed by atoms with E-state index in [4.69, 9.17) is 19.2 Å². The molecule has 3 unspecified atom stereocenters. The van der Waals surface area contributed by atoms with E-state index in [1.807, 2.05) is 42.5 Å². The highest BCUT2D eigenvalue weighted by atomic mass is 32.2. The molecule has 4 heterocycles. The Kier molecular flexibility index (Phi) is 8.91. The Bertz CT molecular complexity index is 1690. The Morgan fingerprint density at radius 3 is 2.24 bits per heavy atom. The lowest BCUT2D eigenvalue weighted by molar-refractivity contribution is 0.149. The monoisotopic (exact) mass is 629 g/mol. The molecule has 3 atom stereocenters. The van der Waals surface area contributed by atoms with Crippen molar-refractivity contribution in [1.29, 1.82) is 0 Å². The molecule has 6 rings (SSSR count). The van der Waals surface area contributed by atoms with Crippen LogP contribution in [0.4, 0.5) is 5.95 Å². The molecular weight excluding hydrogens is 590 g/mol. The summed E-state index contributed by atoms with van der Waals surface area (Å²) in [6, 6.07) is 18.5. The van der Waals surface area contributed by atoms with Crippen LogP contribution >= 0.6 is 0 Å². The van der Waals surface area contributed by atoms with Gasteiger partial charge in [0.05, 0.1) is 18.0 Å². The molecule has 2 bridgehead atoms. The Hall–Kier alpha value is -4.22. The second-order valence-corrected chi connectivity index (χ2v) is 13.7.